The fourth-order valence-electron chi connectivity index (χ4n) is 3.59. The Kier molecular flexibility index (Phi) is 14.2. The summed E-state index contributed by atoms with van der Waals surface area (Å²) in [4.78, 5) is 11.8. The average Bonchev–Trinajstić information content (AvgIpc) is 2.72. The molecule has 0 fully saturated rings. The highest BCUT2D eigenvalue weighted by atomic mass is 32.2. The van der Waals surface area contributed by atoms with Crippen molar-refractivity contribution in [1.82, 2.24) is 4.72 Å². The van der Waals surface area contributed by atoms with Crippen molar-refractivity contribution in [2.45, 2.75) is 96.1 Å². The molecule has 33 heavy (non-hydrogen) atoms. The normalized spacial score (nSPS) is 12.0. The largest absolute Gasteiger partial charge is 0.389 e. The summed E-state index contributed by atoms with van der Waals surface area (Å²) in [7, 11) is -3.57. The van der Waals surface area contributed by atoms with Gasteiger partial charge in [0.05, 0.1) is 6.26 Å². The minimum atomic E-state index is -4.01. The first-order valence-corrected chi connectivity index (χ1v) is 13.9. The third kappa shape index (κ3) is 17.4. The maximum atomic E-state index is 12.0. The summed E-state index contributed by atoms with van der Waals surface area (Å²) in [5, 5.41) is 3.30. The van der Waals surface area contributed by atoms with Crippen molar-refractivity contribution in [1.29, 1.82) is 0 Å². The third-order valence-corrected chi connectivity index (χ3v) is 5.95. The number of amides is 1. The van der Waals surface area contributed by atoms with Crippen LogP contribution in [-0.2, 0) is 10.0 Å². The summed E-state index contributed by atoms with van der Waals surface area (Å²) >= 11 is 0. The van der Waals surface area contributed by atoms with Gasteiger partial charge in [0.1, 0.15) is 0 Å². The van der Waals surface area contributed by atoms with Crippen LogP contribution in [0.25, 0.3) is 0 Å². The molecule has 0 spiro atoms. The van der Waals surface area contributed by atoms with Crippen molar-refractivity contribution in [3.63, 3.8) is 0 Å². The molecule has 0 radical (unpaired) electrons. The molecule has 0 atom stereocenters. The number of nitrogens with one attached hydrogen (secondary N) is 2. The summed E-state index contributed by atoms with van der Waals surface area (Å²) in [6.07, 6.45) is 9.80. The Hall–Kier alpha value is -1.77. The molecular weight excluding hydrogens is 453 g/mol. The van der Waals surface area contributed by atoms with E-state index in [9.17, 15) is 26.4 Å². The molecule has 2 N–H and O–H groups in total. The summed E-state index contributed by atoms with van der Waals surface area (Å²) in [5.41, 5.74) is 1.19. The van der Waals surface area contributed by atoms with Gasteiger partial charge < -0.3 is 5.32 Å². The summed E-state index contributed by atoms with van der Waals surface area (Å²) < 4.78 is 60.2. The summed E-state index contributed by atoms with van der Waals surface area (Å²) in [5.74, 6) is -0.635. The van der Waals surface area contributed by atoms with Gasteiger partial charge in [0.25, 0.3) is 5.91 Å². The van der Waals surface area contributed by atoms with E-state index in [-0.39, 0.29) is 6.42 Å². The van der Waals surface area contributed by atoms with E-state index in [0.29, 0.717) is 12.0 Å². The Morgan fingerprint density at radius 3 is 1.61 bits per heavy atom. The number of sulfonamides is 1. The Labute approximate surface area is 197 Å². The highest BCUT2D eigenvalue weighted by Crippen LogP contribution is 2.23. The SMILES string of the molecule is CS(=O)(=O)NC(=O)c1ccc(NCCCCCCCCCCCCCCCC(F)(F)F)cc1. The van der Waals surface area contributed by atoms with E-state index in [1.165, 1.54) is 38.5 Å². The van der Waals surface area contributed by atoms with Crippen molar-refractivity contribution in [3.8, 4) is 0 Å². The van der Waals surface area contributed by atoms with Gasteiger partial charge in [0.15, 0.2) is 0 Å². The molecule has 1 amide bonds. The van der Waals surface area contributed by atoms with Crippen LogP contribution in [0.5, 0.6) is 0 Å². The number of carbonyl (C=O) groups is 1. The van der Waals surface area contributed by atoms with E-state index in [4.69, 9.17) is 0 Å². The van der Waals surface area contributed by atoms with Crippen LogP contribution >= 0.6 is 0 Å². The van der Waals surface area contributed by atoms with Crippen LogP contribution < -0.4 is 10.0 Å². The zero-order valence-electron chi connectivity index (χ0n) is 19.7. The van der Waals surface area contributed by atoms with Crippen LogP contribution in [0.3, 0.4) is 0 Å². The average molecular weight is 493 g/mol. The highest BCUT2D eigenvalue weighted by Gasteiger charge is 2.25. The van der Waals surface area contributed by atoms with E-state index >= 15 is 0 Å². The Morgan fingerprint density at radius 1 is 0.758 bits per heavy atom. The Morgan fingerprint density at radius 2 is 1.18 bits per heavy atom. The highest BCUT2D eigenvalue weighted by molar-refractivity contribution is 7.89. The minimum Gasteiger partial charge on any atom is -0.385 e. The lowest BCUT2D eigenvalue weighted by Crippen LogP contribution is -2.29. The Bertz CT molecular complexity index is 766. The van der Waals surface area contributed by atoms with Gasteiger partial charge in [0.2, 0.25) is 10.0 Å². The molecule has 190 valence electrons. The van der Waals surface area contributed by atoms with Crippen molar-refractivity contribution < 1.29 is 26.4 Å². The zero-order chi connectivity index (χ0) is 24.6. The number of hydrogen-bond acceptors (Lipinski definition) is 4. The second-order valence-electron chi connectivity index (χ2n) is 8.67. The fourth-order valence-corrected chi connectivity index (χ4v) is 4.05. The van der Waals surface area contributed by atoms with Gasteiger partial charge in [-0.05, 0) is 37.1 Å². The molecule has 0 saturated carbocycles. The molecule has 0 aliphatic heterocycles. The molecule has 9 heteroatoms. The lowest BCUT2D eigenvalue weighted by molar-refractivity contribution is -0.135. The molecule has 0 unspecified atom stereocenters. The van der Waals surface area contributed by atoms with Crippen LogP contribution in [0.2, 0.25) is 0 Å². The van der Waals surface area contributed by atoms with Gasteiger partial charge in [-0.2, -0.15) is 13.2 Å². The van der Waals surface area contributed by atoms with Crippen LogP contribution in [-0.4, -0.2) is 33.3 Å². The first kappa shape index (κ1) is 29.3. The molecule has 0 heterocycles. The zero-order valence-corrected chi connectivity index (χ0v) is 20.5. The lowest BCUT2D eigenvalue weighted by Gasteiger charge is -2.08. The molecule has 0 aliphatic carbocycles. The molecule has 0 aliphatic rings. The van der Waals surface area contributed by atoms with E-state index in [1.807, 2.05) is 4.72 Å². The number of benzene rings is 1. The maximum absolute atomic E-state index is 12.0. The molecule has 0 aromatic heterocycles. The lowest BCUT2D eigenvalue weighted by atomic mass is 10.0. The number of anilines is 1. The summed E-state index contributed by atoms with van der Waals surface area (Å²) in [6.45, 7) is 0.845. The Balaban J connectivity index is 1.92. The second-order valence-corrected chi connectivity index (χ2v) is 10.4. The van der Waals surface area contributed by atoms with Crippen LogP contribution in [0.15, 0.2) is 24.3 Å². The van der Waals surface area contributed by atoms with Crippen LogP contribution in [0.1, 0.15) is 100 Å². The molecule has 1 rings (SSSR count). The van der Waals surface area contributed by atoms with Crippen molar-refractivity contribution in [2.24, 2.45) is 0 Å². The standard InChI is InChI=1S/C24H39F3N2O3S/c1-33(31,32)29-23(30)21-15-17-22(18-16-21)28-20-14-12-10-8-6-4-2-3-5-7-9-11-13-19-24(25,26)27/h15-18,28H,2-14,19-20H2,1H3,(H,29,30). The number of unbranched alkanes of at least 4 members (excludes halogenated alkanes) is 12. The van der Waals surface area contributed by atoms with Crippen molar-refractivity contribution >= 4 is 21.6 Å². The van der Waals surface area contributed by atoms with E-state index in [2.05, 4.69) is 5.32 Å². The van der Waals surface area contributed by atoms with E-state index < -0.39 is 28.5 Å². The first-order chi connectivity index (χ1) is 15.6. The molecule has 0 saturated heterocycles. The molecule has 1 aromatic rings. The van der Waals surface area contributed by atoms with Gasteiger partial charge >= 0.3 is 6.18 Å². The minimum absolute atomic E-state index is 0.261. The number of alkyl halides is 3. The van der Waals surface area contributed by atoms with Gasteiger partial charge in [-0.15, -0.1) is 0 Å². The smallest absolute Gasteiger partial charge is 0.385 e. The fraction of sp³-hybridized carbons (Fsp3) is 0.708. The maximum Gasteiger partial charge on any atom is 0.389 e. The van der Waals surface area contributed by atoms with Gasteiger partial charge in [-0.1, -0.05) is 70.6 Å². The van der Waals surface area contributed by atoms with Crippen molar-refractivity contribution in [2.75, 3.05) is 18.1 Å². The van der Waals surface area contributed by atoms with E-state index in [1.54, 1.807) is 24.3 Å². The van der Waals surface area contributed by atoms with Gasteiger partial charge in [-0.3, -0.25) is 4.79 Å². The first-order valence-electron chi connectivity index (χ1n) is 12.0. The molecule has 5 nitrogen and oxygen atoms in total. The van der Waals surface area contributed by atoms with Crippen LogP contribution in [0, 0.1) is 0 Å². The second kappa shape index (κ2) is 16.0. The van der Waals surface area contributed by atoms with Crippen molar-refractivity contribution in [3.05, 3.63) is 29.8 Å². The predicted octanol–water partition coefficient (Wildman–Crippen LogP) is 6.81. The van der Waals surface area contributed by atoms with Crippen LogP contribution in [0.4, 0.5) is 18.9 Å². The molecule has 0 bridgehead atoms. The number of halogens is 3. The third-order valence-electron chi connectivity index (χ3n) is 5.39. The number of carbonyl (C=O) groups excluding carboxylic acids is 1. The topological polar surface area (TPSA) is 75.3 Å². The number of hydrogen-bond donors (Lipinski definition) is 2. The van der Waals surface area contributed by atoms with Gasteiger partial charge in [0, 0.05) is 24.2 Å². The van der Waals surface area contributed by atoms with Gasteiger partial charge in [-0.25, -0.2) is 13.1 Å². The quantitative estimate of drug-likeness (QED) is 0.221. The molecule has 1 aromatic carbocycles. The summed E-state index contributed by atoms with van der Waals surface area (Å²) in [6, 6.07) is 6.72. The molecular formula is C24H39F3N2O3S. The number of rotatable bonds is 18. The monoisotopic (exact) mass is 492 g/mol. The predicted molar refractivity (Wildman–Crippen MR) is 128 cm³/mol. The van der Waals surface area contributed by atoms with E-state index in [0.717, 1.165) is 50.6 Å².